The highest BCUT2D eigenvalue weighted by Gasteiger charge is 2.62. The van der Waals surface area contributed by atoms with Crippen molar-refractivity contribution in [3.05, 3.63) is 63.3 Å². The smallest absolute Gasteiger partial charge is 0.313 e. The molecule has 5 heterocycles. The summed E-state index contributed by atoms with van der Waals surface area (Å²) in [5, 5.41) is 47.8. The number of ether oxygens (including phenoxy) is 9. The zero-order valence-electron chi connectivity index (χ0n) is 25.1. The summed E-state index contributed by atoms with van der Waals surface area (Å²) in [6, 6.07) is 9.78. The van der Waals surface area contributed by atoms with Crippen molar-refractivity contribution in [3.8, 4) is 28.7 Å². The number of aliphatic hydroxyl groups excluding tert-OH is 2. The van der Waals surface area contributed by atoms with E-state index >= 15 is 0 Å². The summed E-state index contributed by atoms with van der Waals surface area (Å²) in [5.41, 5.74) is -1.24. The van der Waals surface area contributed by atoms with E-state index in [1.54, 1.807) is 12.1 Å². The summed E-state index contributed by atoms with van der Waals surface area (Å²) in [7, 11) is 2.70. The number of aliphatic hydroxyl groups is 3. The molecule has 1 aliphatic carbocycles. The standard InChI is InChI=1S/C32H32O14S/c1-38-19-6-13(7-20(39-2)24(19)33)32(37)16-9-18-17(42-12-43-18)8-14(16)27(15-10-40-29(36)23(15)32)45-31-26(35)25(34)28-21(44-31)11-41-30(46-28)22-4-3-5-47-22/h3-9,15,21,23,25-28,30-31,33-35,37H,10-12H2,1-2H3. The Morgan fingerprint density at radius 2 is 1.70 bits per heavy atom. The van der Waals surface area contributed by atoms with E-state index in [0.717, 1.165) is 4.88 Å². The number of esters is 1. The minimum absolute atomic E-state index is 0.0110. The molecule has 3 fully saturated rings. The first-order valence-corrected chi connectivity index (χ1v) is 15.9. The summed E-state index contributed by atoms with van der Waals surface area (Å²) in [5.74, 6) is -2.29. The Kier molecular flexibility index (Phi) is 7.49. The molecule has 14 nitrogen and oxygen atoms in total. The van der Waals surface area contributed by atoms with Crippen molar-refractivity contribution >= 4 is 17.3 Å². The fourth-order valence-electron chi connectivity index (χ4n) is 7.23. The van der Waals surface area contributed by atoms with E-state index in [1.165, 1.54) is 37.7 Å². The maximum atomic E-state index is 13.5. The van der Waals surface area contributed by atoms with Crippen LogP contribution in [-0.2, 0) is 34.1 Å². The van der Waals surface area contributed by atoms with Gasteiger partial charge in [-0.05, 0) is 52.4 Å². The molecule has 10 atom stereocenters. The van der Waals surface area contributed by atoms with Gasteiger partial charge in [-0.25, -0.2) is 0 Å². The molecule has 0 spiro atoms. The monoisotopic (exact) mass is 672 g/mol. The summed E-state index contributed by atoms with van der Waals surface area (Å²) < 4.78 is 52.1. The minimum atomic E-state index is -2.05. The normalized spacial score (nSPS) is 35.4. The SMILES string of the molecule is COc1cc(C2(O)c3cc4c(cc3C(OC3OC5COC(c6cccs6)OC5C(O)C3O)C3COC(=O)C32)OCO4)cc(OC)c1O. The highest BCUT2D eigenvalue weighted by molar-refractivity contribution is 7.10. The molecule has 15 heteroatoms. The lowest BCUT2D eigenvalue weighted by molar-refractivity contribution is -0.369. The molecule has 2 aromatic carbocycles. The molecular weight excluding hydrogens is 640 g/mol. The van der Waals surface area contributed by atoms with Crippen molar-refractivity contribution < 1.29 is 67.9 Å². The number of hydrogen-bond acceptors (Lipinski definition) is 15. The minimum Gasteiger partial charge on any atom is -0.502 e. The van der Waals surface area contributed by atoms with Crippen molar-refractivity contribution in [2.24, 2.45) is 11.8 Å². The molecule has 8 rings (SSSR count). The van der Waals surface area contributed by atoms with Gasteiger partial charge in [0.25, 0.3) is 0 Å². The predicted octanol–water partition coefficient (Wildman–Crippen LogP) is 1.86. The van der Waals surface area contributed by atoms with Gasteiger partial charge in [0.05, 0.1) is 38.4 Å². The van der Waals surface area contributed by atoms with Crippen LogP contribution in [-0.4, -0.2) is 91.3 Å². The number of thiophene rings is 1. The number of phenols is 1. The van der Waals surface area contributed by atoms with Gasteiger partial charge in [-0.15, -0.1) is 11.3 Å². The van der Waals surface area contributed by atoms with Gasteiger partial charge < -0.3 is 63.1 Å². The van der Waals surface area contributed by atoms with Crippen LogP contribution in [0.2, 0.25) is 0 Å². The average Bonchev–Trinajstić information content (AvgIpc) is 3.86. The topological polar surface area (TPSA) is 181 Å². The zero-order valence-corrected chi connectivity index (χ0v) is 26.0. The molecule has 0 saturated carbocycles. The third-order valence-electron chi connectivity index (χ3n) is 9.51. The average molecular weight is 673 g/mol. The summed E-state index contributed by atoms with van der Waals surface area (Å²) in [6.07, 6.45) is -7.70. The molecule has 4 aliphatic heterocycles. The molecule has 3 saturated heterocycles. The lowest BCUT2D eigenvalue weighted by atomic mass is 9.63. The fraction of sp³-hybridized carbons (Fsp3) is 0.469. The van der Waals surface area contributed by atoms with Gasteiger partial charge in [-0.3, -0.25) is 4.79 Å². The lowest BCUT2D eigenvalue weighted by Crippen LogP contribution is -2.62. The van der Waals surface area contributed by atoms with Gasteiger partial charge in [-0.2, -0.15) is 0 Å². The van der Waals surface area contributed by atoms with Crippen LogP contribution >= 0.6 is 11.3 Å². The van der Waals surface area contributed by atoms with E-state index in [4.69, 9.17) is 42.6 Å². The first kappa shape index (κ1) is 30.7. The lowest BCUT2D eigenvalue weighted by Gasteiger charge is -2.49. The van der Waals surface area contributed by atoms with Gasteiger partial charge >= 0.3 is 5.97 Å². The predicted molar refractivity (Wildman–Crippen MR) is 157 cm³/mol. The maximum Gasteiger partial charge on any atom is 0.313 e. The molecule has 0 radical (unpaired) electrons. The number of aromatic hydroxyl groups is 1. The Balaban J connectivity index is 1.18. The molecule has 1 aromatic heterocycles. The molecule has 5 aliphatic rings. The number of carbonyl (C=O) groups is 1. The third kappa shape index (κ3) is 4.68. The number of carbonyl (C=O) groups excluding carboxylic acids is 1. The van der Waals surface area contributed by atoms with E-state index < -0.39 is 66.5 Å². The summed E-state index contributed by atoms with van der Waals surface area (Å²) >= 11 is 1.44. The van der Waals surface area contributed by atoms with Crippen LogP contribution < -0.4 is 18.9 Å². The Morgan fingerprint density at radius 3 is 2.40 bits per heavy atom. The Hall–Kier alpha value is -3.67. The van der Waals surface area contributed by atoms with Gasteiger partial charge in [0.1, 0.15) is 35.9 Å². The van der Waals surface area contributed by atoms with Crippen LogP contribution in [0.25, 0.3) is 0 Å². The number of methoxy groups -OCH3 is 2. The van der Waals surface area contributed by atoms with Crippen LogP contribution in [0.5, 0.6) is 28.7 Å². The Morgan fingerprint density at radius 1 is 0.957 bits per heavy atom. The molecule has 3 aromatic rings. The van der Waals surface area contributed by atoms with Crippen LogP contribution in [0.15, 0.2) is 41.8 Å². The van der Waals surface area contributed by atoms with Crippen LogP contribution in [0.1, 0.15) is 34.0 Å². The molecule has 4 N–H and O–H groups in total. The van der Waals surface area contributed by atoms with Gasteiger partial charge in [0, 0.05) is 5.92 Å². The Bertz CT molecular complexity index is 1650. The first-order valence-electron chi connectivity index (χ1n) is 15.0. The highest BCUT2D eigenvalue weighted by Crippen LogP contribution is 2.59. The number of rotatable bonds is 6. The Labute approximate surface area is 271 Å². The number of hydrogen-bond donors (Lipinski definition) is 4. The molecule has 0 bridgehead atoms. The van der Waals surface area contributed by atoms with E-state index in [1.807, 2.05) is 17.5 Å². The summed E-state index contributed by atoms with van der Waals surface area (Å²) in [6.45, 7) is -0.137. The van der Waals surface area contributed by atoms with E-state index in [9.17, 15) is 25.2 Å². The number of fused-ring (bicyclic) bond motifs is 4. The van der Waals surface area contributed by atoms with Crippen LogP contribution in [0, 0.1) is 11.8 Å². The van der Waals surface area contributed by atoms with Crippen molar-refractivity contribution in [2.75, 3.05) is 34.2 Å². The van der Waals surface area contributed by atoms with Gasteiger partial charge in [0.15, 0.2) is 35.6 Å². The van der Waals surface area contributed by atoms with Gasteiger partial charge in [-0.1, -0.05) is 6.07 Å². The van der Waals surface area contributed by atoms with Crippen molar-refractivity contribution in [3.63, 3.8) is 0 Å². The van der Waals surface area contributed by atoms with Crippen LogP contribution in [0.3, 0.4) is 0 Å². The molecule has 10 unspecified atom stereocenters. The van der Waals surface area contributed by atoms with E-state index in [0.29, 0.717) is 17.1 Å². The molecule has 250 valence electrons. The van der Waals surface area contributed by atoms with E-state index in [2.05, 4.69) is 0 Å². The maximum absolute atomic E-state index is 13.5. The largest absolute Gasteiger partial charge is 0.502 e. The number of cyclic esters (lactones) is 1. The fourth-order valence-corrected chi connectivity index (χ4v) is 7.94. The van der Waals surface area contributed by atoms with Gasteiger partial charge in [0.2, 0.25) is 12.5 Å². The molecule has 47 heavy (non-hydrogen) atoms. The highest BCUT2D eigenvalue weighted by atomic mass is 32.1. The molecule has 0 amide bonds. The van der Waals surface area contributed by atoms with Crippen LogP contribution in [0.4, 0.5) is 0 Å². The molecular formula is C32H32O14S. The number of phenolic OH excluding ortho intramolecular Hbond substituents is 1. The van der Waals surface area contributed by atoms with Crippen molar-refractivity contribution in [2.45, 2.75) is 48.7 Å². The second-order valence-corrected chi connectivity index (χ2v) is 12.9. The quantitative estimate of drug-likeness (QED) is 0.279. The second kappa shape index (κ2) is 11.5. The van der Waals surface area contributed by atoms with Crippen molar-refractivity contribution in [1.29, 1.82) is 0 Å². The second-order valence-electron chi connectivity index (χ2n) is 11.9. The summed E-state index contributed by atoms with van der Waals surface area (Å²) in [4.78, 5) is 14.3. The third-order valence-corrected chi connectivity index (χ3v) is 10.4. The van der Waals surface area contributed by atoms with E-state index in [-0.39, 0.29) is 48.4 Å². The zero-order chi connectivity index (χ0) is 32.6. The number of benzene rings is 2. The first-order chi connectivity index (χ1) is 22.7. The van der Waals surface area contributed by atoms with Crippen molar-refractivity contribution in [1.82, 2.24) is 0 Å².